The fraction of sp³-hybridized carbons (Fsp3) is 0.875. The zero-order valence-corrected chi connectivity index (χ0v) is 8.47. The third-order valence-corrected chi connectivity index (χ3v) is 2.08. The summed E-state index contributed by atoms with van der Waals surface area (Å²) in [5.74, 6) is -0.790. The molecule has 1 aliphatic rings. The summed E-state index contributed by atoms with van der Waals surface area (Å²) in [6.07, 6.45) is 1.83. The molecule has 78 valence electrons. The van der Waals surface area contributed by atoms with Gasteiger partial charge >= 0.3 is 5.97 Å². The molecule has 0 spiro atoms. The highest BCUT2D eigenvalue weighted by Gasteiger charge is 2.18. The number of halogens is 1. The normalized spacial score (nSPS) is 20.4. The summed E-state index contributed by atoms with van der Waals surface area (Å²) in [5.41, 5.74) is 0. The van der Waals surface area contributed by atoms with Gasteiger partial charge in [-0.15, -0.1) is 12.4 Å². The molecule has 1 fully saturated rings. The molecule has 0 radical (unpaired) electrons. The standard InChI is InChI=1S/C8H15NO3.ClH/c1-6(8(10)11)9-7-2-4-12-5-3-7;/h6-7,9H,2-5H2,1H3,(H,10,11);1H/t6-;/m0./s1. The summed E-state index contributed by atoms with van der Waals surface area (Å²) in [7, 11) is 0. The van der Waals surface area contributed by atoms with Gasteiger partial charge in [0.05, 0.1) is 0 Å². The summed E-state index contributed by atoms with van der Waals surface area (Å²) in [6, 6.07) is -0.141. The Hall–Kier alpha value is -0.320. The zero-order chi connectivity index (χ0) is 8.97. The van der Waals surface area contributed by atoms with Gasteiger partial charge in [0.15, 0.2) is 0 Å². The van der Waals surface area contributed by atoms with Crippen molar-refractivity contribution >= 4 is 18.4 Å². The number of carboxylic acids is 1. The Morgan fingerprint density at radius 1 is 1.54 bits per heavy atom. The number of ether oxygens (including phenoxy) is 1. The van der Waals surface area contributed by atoms with Crippen molar-refractivity contribution < 1.29 is 14.6 Å². The third-order valence-electron chi connectivity index (χ3n) is 2.08. The molecule has 1 saturated heterocycles. The molecule has 5 heteroatoms. The molecule has 1 rings (SSSR count). The van der Waals surface area contributed by atoms with E-state index in [2.05, 4.69) is 5.32 Å². The number of hydrogen-bond acceptors (Lipinski definition) is 3. The predicted molar refractivity (Wildman–Crippen MR) is 51.3 cm³/mol. The number of aliphatic carboxylic acids is 1. The second-order valence-electron chi connectivity index (χ2n) is 3.11. The number of nitrogens with one attached hydrogen (secondary N) is 1. The lowest BCUT2D eigenvalue weighted by molar-refractivity contribution is -0.139. The van der Waals surface area contributed by atoms with E-state index in [1.54, 1.807) is 6.92 Å². The molecule has 4 nitrogen and oxygen atoms in total. The zero-order valence-electron chi connectivity index (χ0n) is 7.66. The van der Waals surface area contributed by atoms with Crippen molar-refractivity contribution in [3.63, 3.8) is 0 Å². The number of hydrogen-bond donors (Lipinski definition) is 2. The molecule has 13 heavy (non-hydrogen) atoms. The first-order valence-corrected chi connectivity index (χ1v) is 4.26. The molecule has 0 saturated carbocycles. The Bertz CT molecular complexity index is 159. The van der Waals surface area contributed by atoms with Crippen LogP contribution in [0.5, 0.6) is 0 Å². The van der Waals surface area contributed by atoms with Crippen LogP contribution in [-0.4, -0.2) is 36.4 Å². The Morgan fingerprint density at radius 3 is 2.54 bits per heavy atom. The number of carboxylic acid groups (broad SMARTS) is 1. The van der Waals surface area contributed by atoms with E-state index in [1.165, 1.54) is 0 Å². The molecule has 0 aromatic rings. The minimum absolute atomic E-state index is 0. The minimum atomic E-state index is -0.790. The van der Waals surface area contributed by atoms with E-state index in [4.69, 9.17) is 9.84 Å². The number of carbonyl (C=O) groups is 1. The smallest absolute Gasteiger partial charge is 0.320 e. The van der Waals surface area contributed by atoms with Crippen LogP contribution in [0.15, 0.2) is 0 Å². The van der Waals surface area contributed by atoms with Gasteiger partial charge in [0.25, 0.3) is 0 Å². The molecular weight excluding hydrogens is 194 g/mol. The monoisotopic (exact) mass is 209 g/mol. The summed E-state index contributed by atoms with van der Waals surface area (Å²) < 4.78 is 5.15. The van der Waals surface area contributed by atoms with Crippen LogP contribution in [0.2, 0.25) is 0 Å². The van der Waals surface area contributed by atoms with Crippen LogP contribution in [0.1, 0.15) is 19.8 Å². The van der Waals surface area contributed by atoms with Gasteiger partial charge in [-0.05, 0) is 19.8 Å². The van der Waals surface area contributed by atoms with Crippen molar-refractivity contribution in [3.8, 4) is 0 Å². The topological polar surface area (TPSA) is 58.6 Å². The molecule has 1 aliphatic heterocycles. The lowest BCUT2D eigenvalue weighted by Gasteiger charge is -2.24. The second kappa shape index (κ2) is 6.18. The van der Waals surface area contributed by atoms with Crippen LogP contribution in [0.3, 0.4) is 0 Å². The predicted octanol–water partition coefficient (Wildman–Crippen LogP) is 0.650. The average molecular weight is 210 g/mol. The summed E-state index contributed by atoms with van der Waals surface area (Å²) >= 11 is 0. The quantitative estimate of drug-likeness (QED) is 0.717. The molecule has 0 amide bonds. The van der Waals surface area contributed by atoms with Crippen molar-refractivity contribution in [2.24, 2.45) is 0 Å². The molecule has 1 heterocycles. The Morgan fingerprint density at radius 2 is 2.08 bits per heavy atom. The maximum absolute atomic E-state index is 10.5. The first-order valence-electron chi connectivity index (χ1n) is 4.26. The van der Waals surface area contributed by atoms with Crippen molar-refractivity contribution in [2.45, 2.75) is 31.8 Å². The molecule has 0 aromatic heterocycles. The van der Waals surface area contributed by atoms with E-state index < -0.39 is 12.0 Å². The minimum Gasteiger partial charge on any atom is -0.480 e. The third kappa shape index (κ3) is 4.45. The average Bonchev–Trinajstić information content (AvgIpc) is 2.06. The van der Waals surface area contributed by atoms with Gasteiger partial charge in [0.1, 0.15) is 6.04 Å². The van der Waals surface area contributed by atoms with Gasteiger partial charge in [0, 0.05) is 19.3 Å². The lowest BCUT2D eigenvalue weighted by Crippen LogP contribution is -2.43. The molecule has 0 bridgehead atoms. The summed E-state index contributed by atoms with van der Waals surface area (Å²) in [5, 5.41) is 11.7. The summed E-state index contributed by atoms with van der Waals surface area (Å²) in [4.78, 5) is 10.5. The highest BCUT2D eigenvalue weighted by atomic mass is 35.5. The first kappa shape index (κ1) is 12.7. The van der Waals surface area contributed by atoms with Gasteiger partial charge in [0.2, 0.25) is 0 Å². The van der Waals surface area contributed by atoms with E-state index in [9.17, 15) is 4.79 Å². The first-order chi connectivity index (χ1) is 5.70. The van der Waals surface area contributed by atoms with Crippen molar-refractivity contribution in [1.82, 2.24) is 5.32 Å². The van der Waals surface area contributed by atoms with Crippen molar-refractivity contribution in [1.29, 1.82) is 0 Å². The van der Waals surface area contributed by atoms with Gasteiger partial charge in [-0.25, -0.2) is 0 Å². The van der Waals surface area contributed by atoms with Gasteiger partial charge in [-0.3, -0.25) is 4.79 Å². The molecule has 0 aromatic carbocycles. The highest BCUT2D eigenvalue weighted by Crippen LogP contribution is 2.06. The van der Waals surface area contributed by atoms with Gasteiger partial charge in [-0.2, -0.15) is 0 Å². The number of rotatable bonds is 3. The Kier molecular flexibility index (Phi) is 6.03. The van der Waals surface area contributed by atoms with E-state index in [0.717, 1.165) is 26.1 Å². The molecule has 0 aliphatic carbocycles. The van der Waals surface area contributed by atoms with Crippen LogP contribution in [0.25, 0.3) is 0 Å². The second-order valence-corrected chi connectivity index (χ2v) is 3.11. The van der Waals surface area contributed by atoms with E-state index >= 15 is 0 Å². The maximum Gasteiger partial charge on any atom is 0.320 e. The van der Waals surface area contributed by atoms with Crippen LogP contribution in [0.4, 0.5) is 0 Å². The van der Waals surface area contributed by atoms with Crippen LogP contribution in [-0.2, 0) is 9.53 Å². The fourth-order valence-corrected chi connectivity index (χ4v) is 1.29. The SMILES string of the molecule is C[C@H](NC1CCOCC1)C(=O)O.Cl. The van der Waals surface area contributed by atoms with E-state index in [0.29, 0.717) is 6.04 Å². The highest BCUT2D eigenvalue weighted by molar-refractivity contribution is 5.85. The van der Waals surface area contributed by atoms with E-state index in [-0.39, 0.29) is 12.4 Å². The summed E-state index contributed by atoms with van der Waals surface area (Å²) in [6.45, 7) is 3.14. The Balaban J connectivity index is 0.00000144. The largest absolute Gasteiger partial charge is 0.480 e. The van der Waals surface area contributed by atoms with E-state index in [1.807, 2.05) is 0 Å². The lowest BCUT2D eigenvalue weighted by atomic mass is 10.1. The molecule has 0 unspecified atom stereocenters. The molecule has 2 N–H and O–H groups in total. The molecular formula is C8H16ClNO3. The van der Waals surface area contributed by atoms with Crippen LogP contribution in [0, 0.1) is 0 Å². The van der Waals surface area contributed by atoms with Crippen molar-refractivity contribution in [3.05, 3.63) is 0 Å². The van der Waals surface area contributed by atoms with Crippen LogP contribution < -0.4 is 5.32 Å². The maximum atomic E-state index is 10.5. The van der Waals surface area contributed by atoms with Crippen LogP contribution >= 0.6 is 12.4 Å². The van der Waals surface area contributed by atoms with Gasteiger partial charge in [-0.1, -0.05) is 0 Å². The van der Waals surface area contributed by atoms with Gasteiger partial charge < -0.3 is 15.2 Å². The fourth-order valence-electron chi connectivity index (χ4n) is 1.29. The van der Waals surface area contributed by atoms with Crippen molar-refractivity contribution in [2.75, 3.05) is 13.2 Å². The Labute approximate surface area is 84.1 Å². The molecule has 1 atom stereocenters.